The molecule has 0 N–H and O–H groups in total. The number of halogens is 9. The van der Waals surface area contributed by atoms with E-state index in [0.717, 1.165) is 0 Å². The van der Waals surface area contributed by atoms with Crippen molar-refractivity contribution >= 4 is 26.2 Å². The zero-order valence-electron chi connectivity index (χ0n) is 16.1. The van der Waals surface area contributed by atoms with Crippen LogP contribution in [-0.2, 0) is 23.3 Å². The van der Waals surface area contributed by atoms with Crippen LogP contribution in [0.2, 0.25) is 0 Å². The molecule has 186 valence electrons. The second kappa shape index (κ2) is 9.63. The fourth-order valence-electron chi connectivity index (χ4n) is 2.55. The highest BCUT2D eigenvalue weighted by atomic mass is 32.3. The topological polar surface area (TPSA) is 69.7 Å². The summed E-state index contributed by atoms with van der Waals surface area (Å²) in [6, 6.07) is 0. The summed E-state index contributed by atoms with van der Waals surface area (Å²) in [4.78, 5) is 12.1. The molecule has 0 aromatic heterocycles. The molecular weight excluding hydrogens is 495 g/mol. The Balaban J connectivity index is 3.25. The molecule has 0 spiro atoms. The molecule has 0 bridgehead atoms. The van der Waals surface area contributed by atoms with E-state index in [0.29, 0.717) is 19.3 Å². The molecule has 1 heterocycles. The predicted molar refractivity (Wildman–Crippen MR) is 93.1 cm³/mol. The van der Waals surface area contributed by atoms with Crippen molar-refractivity contribution in [2.75, 3.05) is 30.5 Å². The van der Waals surface area contributed by atoms with Crippen LogP contribution in [0.15, 0.2) is 0 Å². The van der Waals surface area contributed by atoms with Crippen LogP contribution >= 0.6 is 10.3 Å². The summed E-state index contributed by atoms with van der Waals surface area (Å²) in [5.74, 6) is -17.1. The summed E-state index contributed by atoms with van der Waals surface area (Å²) < 4.78 is 151. The maximum absolute atomic E-state index is 14.0. The van der Waals surface area contributed by atoms with Crippen molar-refractivity contribution in [3.05, 3.63) is 0 Å². The molecular formula is C15H21F9O5S2. The molecule has 1 aliphatic heterocycles. The van der Waals surface area contributed by atoms with Crippen molar-refractivity contribution in [2.45, 2.75) is 55.9 Å². The lowest BCUT2D eigenvalue weighted by Gasteiger charge is -2.42. The van der Waals surface area contributed by atoms with Crippen molar-refractivity contribution in [1.29, 1.82) is 0 Å². The Morgan fingerprint density at radius 3 is 1.90 bits per heavy atom. The minimum atomic E-state index is -7.38. The molecule has 0 amide bonds. The van der Waals surface area contributed by atoms with Crippen LogP contribution in [0, 0.1) is 0 Å². The lowest BCUT2D eigenvalue weighted by atomic mass is 10.1. The maximum Gasteiger partial charge on any atom is 0.460 e. The average molecular weight is 516 g/mol. The number of carbonyl (C=O) groups is 1. The van der Waals surface area contributed by atoms with E-state index < -0.39 is 66.7 Å². The fraction of sp³-hybridized carbons (Fsp3) is 0.933. The average Bonchev–Trinajstić information content (AvgIpc) is 2.60. The predicted octanol–water partition coefficient (Wildman–Crippen LogP) is 4.66. The van der Waals surface area contributed by atoms with Gasteiger partial charge in [-0.15, -0.1) is 10.3 Å². The third kappa shape index (κ3) is 5.79. The molecule has 0 radical (unpaired) electrons. The van der Waals surface area contributed by atoms with E-state index in [1.54, 1.807) is 0 Å². The van der Waals surface area contributed by atoms with Crippen LogP contribution in [0.25, 0.3) is 0 Å². The first-order valence-corrected chi connectivity index (χ1v) is 12.4. The second-order valence-corrected chi connectivity index (χ2v) is 11.8. The van der Waals surface area contributed by atoms with Crippen molar-refractivity contribution in [3.63, 3.8) is 0 Å². The van der Waals surface area contributed by atoms with Crippen molar-refractivity contribution in [2.24, 2.45) is 0 Å². The van der Waals surface area contributed by atoms with Gasteiger partial charge in [0.2, 0.25) is 0 Å². The molecule has 1 saturated heterocycles. The Hall–Kier alpha value is -0.740. The van der Waals surface area contributed by atoms with Gasteiger partial charge in [-0.3, -0.25) is 4.79 Å². The smallest absolute Gasteiger partial charge is 0.380 e. The SMILES string of the molecule is CCCCCC(=O)CS1(OS(=O)(=O)C(F)(F)C(F)(F)C(F)(F)C(F)(F)F)CCOCC1. The third-order valence-electron chi connectivity index (χ3n) is 4.35. The van der Waals surface area contributed by atoms with E-state index in [-0.39, 0.29) is 19.6 Å². The first-order valence-electron chi connectivity index (χ1n) is 8.88. The highest BCUT2D eigenvalue weighted by Crippen LogP contribution is 2.59. The summed E-state index contributed by atoms with van der Waals surface area (Å²) in [6.45, 7) is 1.19. The minimum Gasteiger partial charge on any atom is -0.380 e. The third-order valence-corrected chi connectivity index (χ3v) is 9.77. The highest BCUT2D eigenvalue weighted by molar-refractivity contribution is 8.33. The Labute approximate surface area is 174 Å². The summed E-state index contributed by atoms with van der Waals surface area (Å²) in [6.07, 6.45) is -5.61. The van der Waals surface area contributed by atoms with Gasteiger partial charge >= 0.3 is 33.4 Å². The molecule has 0 aromatic carbocycles. The summed E-state index contributed by atoms with van der Waals surface area (Å²) >= 11 is 0. The number of carbonyl (C=O) groups excluding carboxylic acids is 1. The first-order chi connectivity index (χ1) is 13.9. The van der Waals surface area contributed by atoms with Gasteiger partial charge in [0, 0.05) is 17.9 Å². The Kier molecular flexibility index (Phi) is 8.79. The first kappa shape index (κ1) is 28.3. The van der Waals surface area contributed by atoms with Gasteiger partial charge in [0.25, 0.3) is 0 Å². The van der Waals surface area contributed by atoms with Crippen LogP contribution < -0.4 is 0 Å². The van der Waals surface area contributed by atoms with Gasteiger partial charge in [-0.1, -0.05) is 19.8 Å². The van der Waals surface area contributed by atoms with E-state index in [2.05, 4.69) is 3.63 Å². The molecule has 0 aromatic rings. The molecule has 0 aliphatic carbocycles. The number of hydrogen-bond acceptors (Lipinski definition) is 5. The molecule has 16 heteroatoms. The standard InChI is InChI=1S/C15H21F9O5S2/c1-2-3-4-5-11(25)10-30(8-6-28-7-9-30)29-31(26,27)15(23,24)13(18,19)12(16,17)14(20,21)22/h2-10H2,1H3. The van der Waals surface area contributed by atoms with E-state index in [1.165, 1.54) is 0 Å². The van der Waals surface area contributed by atoms with E-state index in [9.17, 15) is 52.7 Å². The van der Waals surface area contributed by atoms with Crippen LogP contribution in [0.1, 0.15) is 32.6 Å². The minimum absolute atomic E-state index is 0.106. The normalized spacial score (nSPS) is 19.8. The Bertz CT molecular complexity index is 732. The quantitative estimate of drug-likeness (QED) is 0.295. The van der Waals surface area contributed by atoms with Crippen LogP contribution in [-0.4, -0.2) is 67.9 Å². The molecule has 1 fully saturated rings. The zero-order chi connectivity index (χ0) is 24.4. The van der Waals surface area contributed by atoms with Gasteiger partial charge in [-0.25, -0.2) is 3.63 Å². The maximum atomic E-state index is 14.0. The van der Waals surface area contributed by atoms with Crippen LogP contribution in [0.3, 0.4) is 0 Å². The summed E-state index contributed by atoms with van der Waals surface area (Å²) in [5, 5.41) is -6.94. The van der Waals surface area contributed by atoms with E-state index in [1.807, 2.05) is 6.92 Å². The van der Waals surface area contributed by atoms with Crippen molar-refractivity contribution in [3.8, 4) is 0 Å². The number of hydrogen-bond donors (Lipinski definition) is 0. The second-order valence-electron chi connectivity index (χ2n) is 6.81. The zero-order valence-corrected chi connectivity index (χ0v) is 17.8. The Morgan fingerprint density at radius 2 is 1.45 bits per heavy atom. The fourth-order valence-corrected chi connectivity index (χ4v) is 7.66. The molecule has 0 unspecified atom stereocenters. The monoisotopic (exact) mass is 516 g/mol. The van der Waals surface area contributed by atoms with Gasteiger partial charge in [0.1, 0.15) is 5.78 Å². The molecule has 31 heavy (non-hydrogen) atoms. The number of rotatable bonds is 11. The van der Waals surface area contributed by atoms with Gasteiger partial charge < -0.3 is 4.74 Å². The molecule has 1 rings (SSSR count). The van der Waals surface area contributed by atoms with Gasteiger partial charge in [-0.05, 0) is 6.42 Å². The van der Waals surface area contributed by atoms with Gasteiger partial charge in [-0.2, -0.15) is 47.9 Å². The van der Waals surface area contributed by atoms with Crippen molar-refractivity contribution in [1.82, 2.24) is 0 Å². The molecule has 5 nitrogen and oxygen atoms in total. The summed E-state index contributed by atoms with van der Waals surface area (Å²) in [5.41, 5.74) is 0. The number of Topliss-reactive ketones (excluding diaryl/α,β-unsaturated/α-hetero) is 1. The van der Waals surface area contributed by atoms with Gasteiger partial charge in [0.05, 0.1) is 19.0 Å². The Morgan fingerprint density at radius 1 is 0.935 bits per heavy atom. The number of ether oxygens (including phenoxy) is 1. The number of unbranched alkanes of at least 4 members (excludes halogenated alkanes) is 2. The lowest BCUT2D eigenvalue weighted by molar-refractivity contribution is -0.382. The van der Waals surface area contributed by atoms with Crippen LogP contribution in [0.5, 0.6) is 0 Å². The van der Waals surface area contributed by atoms with E-state index in [4.69, 9.17) is 4.74 Å². The number of ketones is 1. The van der Waals surface area contributed by atoms with Crippen molar-refractivity contribution < 1.29 is 61.1 Å². The van der Waals surface area contributed by atoms with Crippen LogP contribution in [0.4, 0.5) is 39.5 Å². The lowest BCUT2D eigenvalue weighted by Crippen LogP contribution is -2.63. The van der Waals surface area contributed by atoms with Gasteiger partial charge in [0.15, 0.2) is 0 Å². The largest absolute Gasteiger partial charge is 0.460 e. The molecule has 1 aliphatic rings. The molecule has 0 atom stereocenters. The molecule has 0 saturated carbocycles. The number of alkyl halides is 9. The highest BCUT2D eigenvalue weighted by Gasteiger charge is 2.86. The summed E-state index contributed by atoms with van der Waals surface area (Å²) in [7, 11) is -10.4. The van der Waals surface area contributed by atoms with E-state index >= 15 is 0 Å².